The van der Waals surface area contributed by atoms with Crippen molar-refractivity contribution in [1.82, 2.24) is 5.32 Å². The Morgan fingerprint density at radius 1 is 1.33 bits per heavy atom. The maximum absolute atomic E-state index is 11.3. The van der Waals surface area contributed by atoms with Crippen LogP contribution in [0.25, 0.3) is 0 Å². The Labute approximate surface area is 89.4 Å². The van der Waals surface area contributed by atoms with Crippen LogP contribution in [0.4, 0.5) is 0 Å². The molecule has 0 aliphatic heterocycles. The highest BCUT2D eigenvalue weighted by molar-refractivity contribution is 5.97. The molecule has 0 radical (unpaired) electrons. The Balaban J connectivity index is 0. The van der Waals surface area contributed by atoms with Gasteiger partial charge in [-0.15, -0.1) is 0 Å². The van der Waals surface area contributed by atoms with E-state index in [9.17, 15) is 4.79 Å². The fourth-order valence-electron chi connectivity index (χ4n) is 0.799. The van der Waals surface area contributed by atoms with E-state index in [4.69, 9.17) is 9.59 Å². The van der Waals surface area contributed by atoms with Gasteiger partial charge in [0.25, 0.3) is 5.91 Å². The van der Waals surface area contributed by atoms with Crippen LogP contribution >= 0.6 is 0 Å². The molecule has 0 heterocycles. The minimum absolute atomic E-state index is 0.0927. The number of carbonyl (C=O) groups is 1. The van der Waals surface area contributed by atoms with Crippen LogP contribution in [0.3, 0.4) is 0 Å². The highest BCUT2D eigenvalue weighted by Gasteiger charge is 2.05. The molecule has 0 saturated heterocycles. The van der Waals surface area contributed by atoms with Gasteiger partial charge in [0.1, 0.15) is 0 Å². The van der Waals surface area contributed by atoms with Gasteiger partial charge in [-0.1, -0.05) is 25.3 Å². The Morgan fingerprint density at radius 3 is 2.07 bits per heavy atom. The van der Waals surface area contributed by atoms with Crippen molar-refractivity contribution in [2.45, 2.75) is 13.8 Å². The Hall–Kier alpha value is -1.93. The molecular weight excluding hydrogens is 194 g/mol. The molecule has 0 atom stereocenters. The normalized spacial score (nSPS) is 9.73. The Kier molecular flexibility index (Phi) is 10.5. The summed E-state index contributed by atoms with van der Waals surface area (Å²) in [6.45, 7) is 11.5. The van der Waals surface area contributed by atoms with Gasteiger partial charge < -0.3 is 5.32 Å². The number of nitrogens with one attached hydrogen (secondary N) is 1. The number of allylic oxidation sites excluding steroid dienone is 2. The quantitative estimate of drug-likeness (QED) is 0.559. The zero-order valence-electron chi connectivity index (χ0n) is 9.00. The molecule has 82 valence electrons. The molecule has 0 aromatic heterocycles. The molecule has 0 rings (SSSR count). The lowest BCUT2D eigenvalue weighted by Gasteiger charge is -2.04. The minimum atomic E-state index is -0.0927. The van der Waals surface area contributed by atoms with E-state index < -0.39 is 0 Å². The van der Waals surface area contributed by atoms with Crippen molar-refractivity contribution in [3.63, 3.8) is 0 Å². The van der Waals surface area contributed by atoms with Crippen molar-refractivity contribution in [2.75, 3.05) is 6.54 Å². The van der Waals surface area contributed by atoms with Gasteiger partial charge in [-0.05, 0) is 19.4 Å². The number of carbonyl (C=O) groups excluding carboxylic acids is 3. The third kappa shape index (κ3) is 7.16. The average Bonchev–Trinajstić information content (AvgIpc) is 2.20. The highest BCUT2D eigenvalue weighted by atomic mass is 16.2. The van der Waals surface area contributed by atoms with Crippen LogP contribution in [0.15, 0.2) is 36.5 Å². The standard InChI is InChI=1S/C10H15NO.CO2/c1-5-8(4)9(6-2)10(12)11-7-3;2-1-3/h5-6H,1-2,7H2,3-4H3,(H,11,12);/b9-8+;. The first-order valence-corrected chi connectivity index (χ1v) is 4.32. The predicted octanol–water partition coefficient (Wildman–Crippen LogP) is 1.23. The van der Waals surface area contributed by atoms with Crippen LogP contribution in [-0.4, -0.2) is 18.6 Å². The van der Waals surface area contributed by atoms with Gasteiger partial charge in [-0.25, -0.2) is 0 Å². The lowest BCUT2D eigenvalue weighted by atomic mass is 10.1. The fourth-order valence-corrected chi connectivity index (χ4v) is 0.799. The first-order chi connectivity index (χ1) is 7.08. The molecular formula is C11H15NO3. The van der Waals surface area contributed by atoms with Gasteiger partial charge in [-0.3, -0.25) is 4.79 Å². The summed E-state index contributed by atoms with van der Waals surface area (Å²) in [5.41, 5.74) is 1.43. The van der Waals surface area contributed by atoms with Crippen LogP contribution < -0.4 is 5.32 Å². The summed E-state index contributed by atoms with van der Waals surface area (Å²) < 4.78 is 0. The minimum Gasteiger partial charge on any atom is -0.352 e. The Morgan fingerprint density at radius 2 is 1.80 bits per heavy atom. The van der Waals surface area contributed by atoms with Crippen molar-refractivity contribution in [2.24, 2.45) is 0 Å². The van der Waals surface area contributed by atoms with Gasteiger partial charge in [-0.2, -0.15) is 9.59 Å². The first-order valence-electron chi connectivity index (χ1n) is 4.32. The van der Waals surface area contributed by atoms with E-state index in [0.29, 0.717) is 12.1 Å². The first kappa shape index (κ1) is 15.5. The molecule has 1 N–H and O–H groups in total. The summed E-state index contributed by atoms with van der Waals surface area (Å²) in [6.07, 6.45) is 3.44. The summed E-state index contributed by atoms with van der Waals surface area (Å²) in [6, 6.07) is 0. The summed E-state index contributed by atoms with van der Waals surface area (Å²) >= 11 is 0. The third-order valence-electron chi connectivity index (χ3n) is 1.52. The molecule has 0 aromatic rings. The summed E-state index contributed by atoms with van der Waals surface area (Å²) in [4.78, 5) is 27.5. The topological polar surface area (TPSA) is 63.2 Å². The molecule has 1 amide bonds. The smallest absolute Gasteiger partial charge is 0.352 e. The van der Waals surface area contributed by atoms with Gasteiger partial charge in [0.05, 0.1) is 0 Å². The van der Waals surface area contributed by atoms with Crippen LogP contribution in [-0.2, 0) is 14.4 Å². The number of likely N-dealkylation sites (N-methyl/N-ethyl adjacent to an activating group) is 1. The number of rotatable bonds is 4. The van der Waals surface area contributed by atoms with E-state index in [1.807, 2.05) is 13.8 Å². The van der Waals surface area contributed by atoms with E-state index in [1.54, 1.807) is 12.2 Å². The lowest BCUT2D eigenvalue weighted by molar-refractivity contribution is -0.191. The molecule has 0 saturated carbocycles. The maximum atomic E-state index is 11.3. The van der Waals surface area contributed by atoms with Crippen LogP contribution in [0.2, 0.25) is 0 Å². The molecule has 0 unspecified atom stereocenters. The third-order valence-corrected chi connectivity index (χ3v) is 1.52. The summed E-state index contributed by atoms with van der Waals surface area (Å²) in [7, 11) is 0. The second-order valence-corrected chi connectivity index (χ2v) is 2.45. The molecule has 15 heavy (non-hydrogen) atoms. The van der Waals surface area contributed by atoms with Crippen LogP contribution in [0, 0.1) is 0 Å². The second-order valence-electron chi connectivity index (χ2n) is 2.45. The monoisotopic (exact) mass is 209 g/mol. The van der Waals surface area contributed by atoms with Crippen molar-refractivity contribution in [1.29, 1.82) is 0 Å². The van der Waals surface area contributed by atoms with Crippen LogP contribution in [0.1, 0.15) is 13.8 Å². The molecule has 0 bridgehead atoms. The van der Waals surface area contributed by atoms with E-state index >= 15 is 0 Å². The molecule has 0 spiro atoms. The lowest BCUT2D eigenvalue weighted by Crippen LogP contribution is -2.24. The molecule has 4 heteroatoms. The van der Waals surface area contributed by atoms with Crippen molar-refractivity contribution >= 4 is 12.1 Å². The molecule has 0 fully saturated rings. The van der Waals surface area contributed by atoms with Crippen molar-refractivity contribution in [3.05, 3.63) is 36.5 Å². The summed E-state index contributed by atoms with van der Waals surface area (Å²) in [5.74, 6) is -0.0927. The van der Waals surface area contributed by atoms with E-state index in [1.165, 1.54) is 0 Å². The van der Waals surface area contributed by atoms with Gasteiger partial charge >= 0.3 is 6.15 Å². The molecule has 0 aliphatic carbocycles. The molecule has 4 nitrogen and oxygen atoms in total. The SMILES string of the molecule is C=C/C(C)=C(\C=C)C(=O)NCC.O=C=O. The van der Waals surface area contributed by atoms with E-state index in [0.717, 1.165) is 5.57 Å². The zero-order chi connectivity index (χ0) is 12.3. The molecule has 0 aromatic carbocycles. The van der Waals surface area contributed by atoms with Crippen LogP contribution in [0.5, 0.6) is 0 Å². The molecule has 0 aliphatic rings. The van der Waals surface area contributed by atoms with Gasteiger partial charge in [0, 0.05) is 12.1 Å². The van der Waals surface area contributed by atoms with Gasteiger partial charge in [0.15, 0.2) is 0 Å². The predicted molar refractivity (Wildman–Crippen MR) is 56.8 cm³/mol. The Bertz CT molecular complexity index is 297. The van der Waals surface area contributed by atoms with Crippen molar-refractivity contribution in [3.8, 4) is 0 Å². The zero-order valence-corrected chi connectivity index (χ0v) is 9.00. The number of hydrogen-bond donors (Lipinski definition) is 1. The largest absolute Gasteiger partial charge is 0.373 e. The highest BCUT2D eigenvalue weighted by Crippen LogP contribution is 2.05. The average molecular weight is 209 g/mol. The number of amides is 1. The number of hydrogen-bond acceptors (Lipinski definition) is 3. The van der Waals surface area contributed by atoms with E-state index in [-0.39, 0.29) is 12.1 Å². The van der Waals surface area contributed by atoms with Crippen molar-refractivity contribution < 1.29 is 14.4 Å². The van der Waals surface area contributed by atoms with Gasteiger partial charge in [0.2, 0.25) is 0 Å². The second kappa shape index (κ2) is 10.2. The van der Waals surface area contributed by atoms with E-state index in [2.05, 4.69) is 18.5 Å². The maximum Gasteiger partial charge on any atom is 0.373 e. The fraction of sp³-hybridized carbons (Fsp3) is 0.273. The summed E-state index contributed by atoms with van der Waals surface area (Å²) in [5, 5.41) is 2.70.